The Morgan fingerprint density at radius 3 is 2.62 bits per heavy atom. The normalized spacial score (nSPS) is 12.3. The van der Waals surface area contributed by atoms with Gasteiger partial charge in [0.05, 0.1) is 29.8 Å². The second kappa shape index (κ2) is 7.36. The van der Waals surface area contributed by atoms with Crippen molar-refractivity contribution in [3.63, 3.8) is 0 Å². The molecule has 0 spiro atoms. The van der Waals surface area contributed by atoms with Crippen LogP contribution in [0.2, 0.25) is 0 Å². The monoisotopic (exact) mass is 453 g/mol. The van der Waals surface area contributed by atoms with Crippen LogP contribution in [0.15, 0.2) is 58.2 Å². The Bertz CT molecular complexity index is 1260. The number of nitrogen functional groups attached to an aromatic ring is 1. The molecule has 1 unspecified atom stereocenters. The summed E-state index contributed by atoms with van der Waals surface area (Å²) < 4.78 is 9.96. The first-order valence-electron chi connectivity index (χ1n) is 9.06. The largest absolute Gasteiger partial charge is 0.496 e. The molecular formula is C21H20BrN5O2. The summed E-state index contributed by atoms with van der Waals surface area (Å²) in [5, 5.41) is 0.743. The van der Waals surface area contributed by atoms with Crippen molar-refractivity contribution >= 4 is 32.8 Å². The van der Waals surface area contributed by atoms with Gasteiger partial charge in [-0.15, -0.1) is 0 Å². The zero-order valence-corrected chi connectivity index (χ0v) is 17.8. The molecule has 4 aromatic rings. The molecule has 0 aliphatic heterocycles. The smallest absolute Gasteiger partial charge is 0.262 e. The topological polar surface area (TPSA) is 88.0 Å². The number of hydrogen-bond donors (Lipinski definition) is 1. The van der Waals surface area contributed by atoms with Crippen LogP contribution < -0.4 is 16.0 Å². The number of aromatic nitrogens is 4. The van der Waals surface area contributed by atoms with Crippen LogP contribution in [0.5, 0.6) is 5.75 Å². The lowest BCUT2D eigenvalue weighted by molar-refractivity contribution is 0.407. The lowest BCUT2D eigenvalue weighted by atomic mass is 10.1. The highest BCUT2D eigenvalue weighted by molar-refractivity contribution is 9.10. The Labute approximate surface area is 175 Å². The Balaban J connectivity index is 2.01. The summed E-state index contributed by atoms with van der Waals surface area (Å²) in [5.74, 6) is 0.948. The fraction of sp³-hybridized carbons (Fsp3) is 0.190. The number of benzene rings is 1. The minimum atomic E-state index is -0.236. The van der Waals surface area contributed by atoms with E-state index >= 15 is 0 Å². The lowest BCUT2D eigenvalue weighted by Gasteiger charge is -2.22. The van der Waals surface area contributed by atoms with Crippen LogP contribution in [-0.4, -0.2) is 26.2 Å². The maximum absolute atomic E-state index is 13.2. The van der Waals surface area contributed by atoms with Crippen LogP contribution >= 0.6 is 15.9 Å². The molecular weight excluding hydrogens is 434 g/mol. The predicted molar refractivity (Wildman–Crippen MR) is 117 cm³/mol. The van der Waals surface area contributed by atoms with Gasteiger partial charge in [0.15, 0.2) is 0 Å². The molecule has 4 rings (SSSR count). The molecule has 29 heavy (non-hydrogen) atoms. The average molecular weight is 454 g/mol. The Hall–Kier alpha value is -3.13. The van der Waals surface area contributed by atoms with Crippen LogP contribution in [0, 0.1) is 6.92 Å². The predicted octanol–water partition coefficient (Wildman–Crippen LogP) is 3.85. The van der Waals surface area contributed by atoms with Gasteiger partial charge in [0.1, 0.15) is 23.5 Å². The molecule has 0 bridgehead atoms. The zero-order chi connectivity index (χ0) is 20.7. The molecule has 0 aliphatic carbocycles. The molecule has 0 radical (unpaired) electrons. The molecule has 1 aromatic carbocycles. The summed E-state index contributed by atoms with van der Waals surface area (Å²) in [6, 6.07) is 11.2. The molecule has 0 fully saturated rings. The van der Waals surface area contributed by atoms with Crippen molar-refractivity contribution in [2.75, 3.05) is 12.8 Å². The van der Waals surface area contributed by atoms with E-state index in [4.69, 9.17) is 10.5 Å². The van der Waals surface area contributed by atoms with Crippen LogP contribution in [0.3, 0.4) is 0 Å². The second-order valence-corrected chi connectivity index (χ2v) is 7.61. The van der Waals surface area contributed by atoms with E-state index in [0.29, 0.717) is 22.8 Å². The third-order valence-corrected chi connectivity index (χ3v) is 5.70. The van der Waals surface area contributed by atoms with Gasteiger partial charge in [-0.3, -0.25) is 9.36 Å². The molecule has 7 nitrogen and oxygen atoms in total. The van der Waals surface area contributed by atoms with Crippen LogP contribution in [0.1, 0.15) is 24.2 Å². The number of methoxy groups -OCH3 is 1. The average Bonchev–Trinajstić information content (AvgIpc) is 3.07. The van der Waals surface area contributed by atoms with E-state index in [9.17, 15) is 4.79 Å². The lowest BCUT2D eigenvalue weighted by Crippen LogP contribution is -2.27. The number of ether oxygens (including phenoxy) is 1. The van der Waals surface area contributed by atoms with Crippen LogP contribution in [0.25, 0.3) is 16.7 Å². The Kier molecular flexibility index (Phi) is 4.87. The van der Waals surface area contributed by atoms with Crippen molar-refractivity contribution in [2.24, 2.45) is 0 Å². The van der Waals surface area contributed by atoms with Gasteiger partial charge in [0, 0.05) is 22.4 Å². The highest BCUT2D eigenvalue weighted by atomic mass is 79.9. The number of nitrogens with two attached hydrogens (primary N) is 1. The summed E-state index contributed by atoms with van der Waals surface area (Å²) in [4.78, 5) is 21.7. The van der Waals surface area contributed by atoms with Crippen LogP contribution in [-0.2, 0) is 0 Å². The first-order valence-corrected chi connectivity index (χ1v) is 9.85. The third kappa shape index (κ3) is 3.09. The summed E-state index contributed by atoms with van der Waals surface area (Å²) in [7, 11) is 1.57. The van der Waals surface area contributed by atoms with Crippen molar-refractivity contribution < 1.29 is 4.74 Å². The standard InChI is InChI=1S/C21H20BrN5O2/c1-12-17(29-3)9-16(27(21(12)28)14-7-5-4-6-8-14)13(2)26-10-15(22)18-19(23)24-11-25-20(18)26/h4-11,13H,1-3H3,(H2,23,24,25). The van der Waals surface area contributed by atoms with Gasteiger partial charge in [0.2, 0.25) is 0 Å². The Morgan fingerprint density at radius 1 is 1.21 bits per heavy atom. The summed E-state index contributed by atoms with van der Waals surface area (Å²) in [5.41, 5.74) is 8.72. The van der Waals surface area contributed by atoms with Gasteiger partial charge in [-0.05, 0) is 41.9 Å². The van der Waals surface area contributed by atoms with Crippen LogP contribution in [0.4, 0.5) is 5.82 Å². The van der Waals surface area contributed by atoms with E-state index in [2.05, 4.69) is 25.9 Å². The van der Waals surface area contributed by atoms with Gasteiger partial charge in [0.25, 0.3) is 5.56 Å². The molecule has 148 valence electrons. The zero-order valence-electron chi connectivity index (χ0n) is 16.3. The number of rotatable bonds is 4. The van der Waals surface area contributed by atoms with E-state index < -0.39 is 0 Å². The fourth-order valence-corrected chi connectivity index (χ4v) is 4.16. The van der Waals surface area contributed by atoms with E-state index in [-0.39, 0.29) is 11.6 Å². The van der Waals surface area contributed by atoms with Crippen molar-refractivity contribution in [3.8, 4) is 11.4 Å². The van der Waals surface area contributed by atoms with Gasteiger partial charge < -0.3 is 15.0 Å². The number of hydrogen-bond acceptors (Lipinski definition) is 5. The van der Waals surface area contributed by atoms with Gasteiger partial charge in [-0.25, -0.2) is 9.97 Å². The minimum absolute atomic E-state index is 0.123. The molecule has 3 heterocycles. The number of para-hydroxylation sites is 1. The first-order chi connectivity index (χ1) is 13.9. The number of fused-ring (bicyclic) bond motifs is 1. The maximum atomic E-state index is 13.2. The van der Waals surface area contributed by atoms with E-state index in [1.807, 2.05) is 54.1 Å². The van der Waals surface area contributed by atoms with Crippen molar-refractivity contribution in [2.45, 2.75) is 19.9 Å². The maximum Gasteiger partial charge on any atom is 0.262 e. The van der Waals surface area contributed by atoms with Gasteiger partial charge in [-0.2, -0.15) is 0 Å². The number of nitrogens with zero attached hydrogens (tertiary/aromatic N) is 4. The van der Waals surface area contributed by atoms with Crippen molar-refractivity contribution in [3.05, 3.63) is 75.0 Å². The number of pyridine rings is 1. The minimum Gasteiger partial charge on any atom is -0.496 e. The molecule has 1 atom stereocenters. The molecule has 8 heteroatoms. The highest BCUT2D eigenvalue weighted by Crippen LogP contribution is 2.33. The fourth-order valence-electron chi connectivity index (χ4n) is 3.56. The molecule has 2 N–H and O–H groups in total. The molecule has 0 saturated heterocycles. The first kappa shape index (κ1) is 19.2. The Morgan fingerprint density at radius 2 is 1.93 bits per heavy atom. The molecule has 0 saturated carbocycles. The van der Waals surface area contributed by atoms with Gasteiger partial charge >= 0.3 is 0 Å². The van der Waals surface area contributed by atoms with Crippen molar-refractivity contribution in [1.29, 1.82) is 0 Å². The summed E-state index contributed by atoms with van der Waals surface area (Å²) in [6.07, 6.45) is 3.35. The quantitative estimate of drug-likeness (QED) is 0.506. The summed E-state index contributed by atoms with van der Waals surface area (Å²) in [6.45, 7) is 3.78. The van der Waals surface area contributed by atoms with E-state index in [0.717, 1.165) is 21.2 Å². The highest BCUT2D eigenvalue weighted by Gasteiger charge is 2.22. The SMILES string of the molecule is COc1cc(C(C)n2cc(Br)c3c(N)ncnc32)n(-c2ccccc2)c(=O)c1C. The molecule has 0 aliphatic rings. The number of anilines is 1. The summed E-state index contributed by atoms with van der Waals surface area (Å²) >= 11 is 3.55. The van der Waals surface area contributed by atoms with Gasteiger partial charge in [-0.1, -0.05) is 18.2 Å². The van der Waals surface area contributed by atoms with E-state index in [1.54, 1.807) is 18.6 Å². The number of halogens is 1. The molecule has 0 amide bonds. The molecule has 3 aromatic heterocycles. The second-order valence-electron chi connectivity index (χ2n) is 6.76. The third-order valence-electron chi connectivity index (χ3n) is 5.10. The van der Waals surface area contributed by atoms with Crippen molar-refractivity contribution in [1.82, 2.24) is 19.1 Å². The van der Waals surface area contributed by atoms with E-state index in [1.165, 1.54) is 6.33 Å².